The molecule has 24 nitrogen and oxygen atoms in total. The number of carbonyl (C=O) groups is 9. The summed E-state index contributed by atoms with van der Waals surface area (Å²) >= 11 is 0. The van der Waals surface area contributed by atoms with Crippen molar-refractivity contribution in [3.63, 3.8) is 0 Å². The number of hydrogen-bond donors (Lipinski definition) is 15. The van der Waals surface area contributed by atoms with Gasteiger partial charge in [0.15, 0.2) is 5.78 Å². The Labute approximate surface area is 494 Å². The molecule has 2 bridgehead atoms. The van der Waals surface area contributed by atoms with Crippen molar-refractivity contribution in [3.05, 3.63) is 71.8 Å². The highest BCUT2D eigenvalue weighted by Crippen LogP contribution is 2.18. The van der Waals surface area contributed by atoms with Gasteiger partial charge in [-0.3, -0.25) is 28.8 Å². The molecule has 0 aliphatic carbocycles. The van der Waals surface area contributed by atoms with Crippen molar-refractivity contribution >= 4 is 53.2 Å². The van der Waals surface area contributed by atoms with Crippen LogP contribution in [0.1, 0.15) is 120 Å². The van der Waals surface area contributed by atoms with E-state index in [0.29, 0.717) is 97.2 Å². The molecule has 3 aliphatic rings. The molecular formula is C60H96N12O12. The van der Waals surface area contributed by atoms with Crippen molar-refractivity contribution in [2.45, 2.75) is 151 Å². The fourth-order valence-electron chi connectivity index (χ4n) is 10.4. The molecule has 0 aromatic heterocycles. The number of carbonyl (C=O) groups excluding carboxylic acids is 6. The molecule has 2 aromatic carbocycles. The minimum absolute atomic E-state index is 0.0284. The van der Waals surface area contributed by atoms with Crippen LogP contribution in [0.5, 0.6) is 0 Å². The van der Waals surface area contributed by atoms with Crippen LogP contribution < -0.4 is 63.8 Å². The van der Waals surface area contributed by atoms with Crippen molar-refractivity contribution in [1.82, 2.24) is 63.8 Å². The number of carboxylic acid groups (broad SMARTS) is 3. The smallest absolute Gasteiger partial charge is 0.326 e. The topological polar surface area (TPSA) is 359 Å². The average molecular weight is 1180 g/mol. The lowest BCUT2D eigenvalue weighted by atomic mass is 9.89. The van der Waals surface area contributed by atoms with Gasteiger partial charge in [-0.05, 0) is 69.5 Å². The van der Waals surface area contributed by atoms with Gasteiger partial charge in [0, 0.05) is 130 Å². The summed E-state index contributed by atoms with van der Waals surface area (Å²) in [5.74, 6) is -5.63. The molecule has 3 aliphatic heterocycles. The lowest BCUT2D eigenvalue weighted by Crippen LogP contribution is -2.67. The molecule has 0 radical (unpaired) electrons. The number of fused-ring (bicyclic) bond motifs is 15. The molecule has 0 saturated carbocycles. The third-order valence-electron chi connectivity index (χ3n) is 15.3. The minimum Gasteiger partial charge on any atom is -0.481 e. The fourth-order valence-corrected chi connectivity index (χ4v) is 10.4. The van der Waals surface area contributed by atoms with E-state index in [1.165, 1.54) is 0 Å². The van der Waals surface area contributed by atoms with E-state index in [0.717, 1.165) is 69.7 Å². The zero-order chi connectivity index (χ0) is 60.8. The Bertz CT molecular complexity index is 2290. The van der Waals surface area contributed by atoms with Crippen LogP contribution in [0.4, 0.5) is 4.79 Å². The first kappa shape index (κ1) is 70.1. The normalized spacial score (nSPS) is 19.4. The van der Waals surface area contributed by atoms with Crippen LogP contribution in [0, 0.1) is 5.92 Å². The average Bonchev–Trinajstić information content (AvgIpc) is 3.64. The molecule has 3 heterocycles. The largest absolute Gasteiger partial charge is 0.481 e. The van der Waals surface area contributed by atoms with Crippen molar-refractivity contribution in [3.8, 4) is 0 Å². The SMILES string of the molecule is CNC12CNCCNCC(NC(=O)CCCC(=O)NC(Cc3ccccc3)C(=O)CC(Cc3ccccc3)C(=O)NCCCCCCCC(=O)CCCCCC(NC(=O)NC(CCC(=O)O)C(=O)O)C(=O)O)(CNCCNC1)CNCCNC2. The maximum Gasteiger partial charge on any atom is 0.326 e. The number of aliphatic carboxylic acids is 3. The van der Waals surface area contributed by atoms with Crippen molar-refractivity contribution in [1.29, 1.82) is 0 Å². The van der Waals surface area contributed by atoms with Crippen LogP contribution in [-0.4, -0.2) is 190 Å². The van der Waals surface area contributed by atoms with Crippen molar-refractivity contribution in [2.75, 3.05) is 92.1 Å². The summed E-state index contributed by atoms with van der Waals surface area (Å²) in [5, 5.41) is 66.3. The zero-order valence-electron chi connectivity index (χ0n) is 49.2. The van der Waals surface area contributed by atoms with E-state index < -0.39 is 59.9 Å². The van der Waals surface area contributed by atoms with E-state index in [2.05, 4.69) is 63.8 Å². The molecule has 4 unspecified atom stereocenters. The second-order valence-corrected chi connectivity index (χ2v) is 22.4. The molecule has 5 rings (SSSR count). The summed E-state index contributed by atoms with van der Waals surface area (Å²) in [6, 6.07) is 14.2. The number of benzene rings is 2. The first-order valence-electron chi connectivity index (χ1n) is 30.2. The zero-order valence-corrected chi connectivity index (χ0v) is 49.2. The predicted octanol–water partition coefficient (Wildman–Crippen LogP) is 1.13. The number of nitrogens with one attached hydrogen (secondary N) is 12. The molecule has 3 fully saturated rings. The molecule has 0 spiro atoms. The predicted molar refractivity (Wildman–Crippen MR) is 319 cm³/mol. The van der Waals surface area contributed by atoms with Gasteiger partial charge in [0.05, 0.1) is 17.1 Å². The molecule has 3 saturated heterocycles. The van der Waals surface area contributed by atoms with Crippen LogP contribution in [0.2, 0.25) is 0 Å². The Morgan fingerprint density at radius 2 is 0.952 bits per heavy atom. The van der Waals surface area contributed by atoms with E-state index in [-0.39, 0.29) is 79.8 Å². The number of rotatable bonds is 36. The number of carboxylic acids is 3. The van der Waals surface area contributed by atoms with Crippen LogP contribution in [0.25, 0.3) is 0 Å². The number of hydrogen-bond acceptors (Lipinski definition) is 16. The molecule has 468 valence electrons. The van der Waals surface area contributed by atoms with E-state index in [1.807, 2.05) is 67.7 Å². The van der Waals surface area contributed by atoms with Gasteiger partial charge < -0.3 is 79.1 Å². The Kier molecular flexibility index (Phi) is 33.4. The van der Waals surface area contributed by atoms with Gasteiger partial charge in [-0.25, -0.2) is 14.4 Å². The summed E-state index contributed by atoms with van der Waals surface area (Å²) in [7, 11) is 2.00. The van der Waals surface area contributed by atoms with E-state index >= 15 is 0 Å². The van der Waals surface area contributed by atoms with Crippen molar-refractivity contribution in [2.24, 2.45) is 5.92 Å². The standard InChI is InChI=1S/C60H96N12O12/c1-61-59-38-62-29-32-65-41-60(42-66-33-30-63-39-59,43-67-34-31-64-40-59)72-53(76)25-16-24-52(75)69-50(36-45-19-10-6-11-20-45)51(74)37-46(35-44-17-8-5-9-18-44)55(79)68-28-15-4-2-3-12-21-47(73)22-13-7-14-23-48(56(80)81)70-58(84)71-49(57(82)83)26-27-54(77)78/h5-6,8-11,17-20,46,48-50,61-67H,2-4,7,12-16,21-43H2,1H3,(H,68,79)(H,69,75)(H,72,76)(H,77,78)(H,80,81)(H,82,83)(H2,70,71,84). The summed E-state index contributed by atoms with van der Waals surface area (Å²) in [6.07, 6.45) is 6.18. The molecule has 5 amide bonds. The molecule has 24 heteroatoms. The van der Waals surface area contributed by atoms with Crippen LogP contribution >= 0.6 is 0 Å². The summed E-state index contributed by atoms with van der Waals surface area (Å²) in [5.41, 5.74) is 0.965. The molecule has 84 heavy (non-hydrogen) atoms. The first-order valence-corrected chi connectivity index (χ1v) is 30.2. The molecule has 4 atom stereocenters. The van der Waals surface area contributed by atoms with Crippen LogP contribution in [0.3, 0.4) is 0 Å². The van der Waals surface area contributed by atoms with Gasteiger partial charge >= 0.3 is 23.9 Å². The molecule has 15 N–H and O–H groups in total. The highest BCUT2D eigenvalue weighted by molar-refractivity contribution is 5.93. The summed E-state index contributed by atoms with van der Waals surface area (Å²) < 4.78 is 0. The van der Waals surface area contributed by atoms with Crippen molar-refractivity contribution < 1.29 is 58.5 Å². The number of urea groups is 1. The lowest BCUT2D eigenvalue weighted by Gasteiger charge is -2.38. The van der Waals surface area contributed by atoms with Crippen LogP contribution in [-0.2, 0) is 51.2 Å². The third-order valence-corrected chi connectivity index (χ3v) is 15.3. The maximum atomic E-state index is 14.3. The third kappa shape index (κ3) is 28.9. The number of Topliss-reactive ketones (excluding diaryl/α,β-unsaturated/α-hetero) is 2. The Morgan fingerprint density at radius 1 is 0.488 bits per heavy atom. The van der Waals surface area contributed by atoms with Gasteiger partial charge in [0.25, 0.3) is 0 Å². The number of likely N-dealkylation sites (N-methyl/N-ethyl adjacent to an activating group) is 1. The van der Waals surface area contributed by atoms with Gasteiger partial charge in [0.1, 0.15) is 17.9 Å². The summed E-state index contributed by atoms with van der Waals surface area (Å²) in [4.78, 5) is 114. The fraction of sp³-hybridized carbons (Fsp3) is 0.650. The van der Waals surface area contributed by atoms with Gasteiger partial charge in [-0.2, -0.15) is 0 Å². The lowest BCUT2D eigenvalue weighted by molar-refractivity contribution is -0.141. The number of unbranched alkanes of at least 4 members (excludes halogenated alkanes) is 6. The second-order valence-electron chi connectivity index (χ2n) is 22.4. The van der Waals surface area contributed by atoms with E-state index in [9.17, 15) is 53.4 Å². The maximum absolute atomic E-state index is 14.3. The Hall–Kier alpha value is -6.41. The quantitative estimate of drug-likeness (QED) is 0.0425. The highest BCUT2D eigenvalue weighted by atomic mass is 16.4. The Morgan fingerprint density at radius 3 is 1.46 bits per heavy atom. The minimum atomic E-state index is -1.50. The number of ketones is 2. The number of amides is 5. The van der Waals surface area contributed by atoms with Gasteiger partial charge in [-0.1, -0.05) is 92.8 Å². The second kappa shape index (κ2) is 40.0. The van der Waals surface area contributed by atoms with E-state index in [4.69, 9.17) is 5.11 Å². The monoisotopic (exact) mass is 1180 g/mol. The van der Waals surface area contributed by atoms with Gasteiger partial charge in [0.2, 0.25) is 17.7 Å². The summed E-state index contributed by atoms with van der Waals surface area (Å²) in [6.45, 7) is 8.74. The first-order chi connectivity index (χ1) is 40.5. The van der Waals surface area contributed by atoms with E-state index in [1.54, 1.807) is 0 Å². The van der Waals surface area contributed by atoms with Gasteiger partial charge in [-0.15, -0.1) is 0 Å². The molecular weight excluding hydrogens is 1080 g/mol. The van der Waals surface area contributed by atoms with Crippen LogP contribution in [0.15, 0.2) is 60.7 Å². The highest BCUT2D eigenvalue weighted by Gasteiger charge is 2.34. The Balaban J connectivity index is 1.21. The molecule has 2 aromatic rings.